The SMILES string of the molecule is Cn1nc(CC(O)C2CSCCO2)c2ccccc21. The number of rotatable bonds is 3. The van der Waals surface area contributed by atoms with Gasteiger partial charge in [0.25, 0.3) is 0 Å². The standard InChI is InChI=1S/C14H18N2O2S/c1-16-12-5-3-2-4-10(12)11(15-16)8-13(17)14-9-19-7-6-18-14/h2-5,13-14,17H,6-9H2,1H3. The monoisotopic (exact) mass is 278 g/mol. The fourth-order valence-electron chi connectivity index (χ4n) is 2.50. The van der Waals surface area contributed by atoms with E-state index in [0.29, 0.717) is 6.42 Å². The van der Waals surface area contributed by atoms with E-state index in [-0.39, 0.29) is 6.10 Å². The normalized spacial score (nSPS) is 21.7. The molecule has 0 saturated carbocycles. The van der Waals surface area contributed by atoms with E-state index in [1.165, 1.54) is 0 Å². The number of para-hydroxylation sites is 1. The van der Waals surface area contributed by atoms with Gasteiger partial charge in [0.15, 0.2) is 0 Å². The van der Waals surface area contributed by atoms with Gasteiger partial charge in [-0.2, -0.15) is 16.9 Å². The van der Waals surface area contributed by atoms with Crippen LogP contribution in [0.25, 0.3) is 10.9 Å². The molecule has 19 heavy (non-hydrogen) atoms. The summed E-state index contributed by atoms with van der Waals surface area (Å²) in [5.74, 6) is 1.89. The van der Waals surface area contributed by atoms with E-state index in [9.17, 15) is 5.11 Å². The van der Waals surface area contributed by atoms with Crippen molar-refractivity contribution < 1.29 is 9.84 Å². The Morgan fingerprint density at radius 3 is 3.16 bits per heavy atom. The van der Waals surface area contributed by atoms with Crippen LogP contribution in [0.2, 0.25) is 0 Å². The molecule has 1 aromatic heterocycles. The van der Waals surface area contributed by atoms with Crippen molar-refractivity contribution >= 4 is 22.7 Å². The maximum atomic E-state index is 10.3. The summed E-state index contributed by atoms with van der Waals surface area (Å²) < 4.78 is 7.49. The van der Waals surface area contributed by atoms with Gasteiger partial charge in [-0.3, -0.25) is 4.68 Å². The van der Waals surface area contributed by atoms with Crippen LogP contribution in [0.4, 0.5) is 0 Å². The Bertz CT molecular complexity index is 564. The number of aromatic nitrogens is 2. The zero-order chi connectivity index (χ0) is 13.2. The van der Waals surface area contributed by atoms with Gasteiger partial charge in [-0.1, -0.05) is 18.2 Å². The molecule has 0 spiro atoms. The van der Waals surface area contributed by atoms with Crippen LogP contribution in [-0.2, 0) is 18.2 Å². The lowest BCUT2D eigenvalue weighted by Crippen LogP contribution is -2.36. The van der Waals surface area contributed by atoms with E-state index in [1.807, 2.05) is 41.7 Å². The molecule has 0 aliphatic carbocycles. The highest BCUT2D eigenvalue weighted by molar-refractivity contribution is 7.99. The molecule has 1 fully saturated rings. The van der Waals surface area contributed by atoms with Crippen molar-refractivity contribution in [2.24, 2.45) is 7.05 Å². The van der Waals surface area contributed by atoms with Crippen LogP contribution in [0, 0.1) is 0 Å². The molecule has 1 aliphatic heterocycles. The van der Waals surface area contributed by atoms with E-state index < -0.39 is 6.10 Å². The molecule has 3 rings (SSSR count). The van der Waals surface area contributed by atoms with Crippen LogP contribution in [0.3, 0.4) is 0 Å². The zero-order valence-corrected chi connectivity index (χ0v) is 11.8. The van der Waals surface area contributed by atoms with Crippen LogP contribution in [-0.4, -0.2) is 45.2 Å². The Kier molecular flexibility index (Phi) is 3.77. The van der Waals surface area contributed by atoms with Gasteiger partial charge < -0.3 is 9.84 Å². The number of hydrogen-bond acceptors (Lipinski definition) is 4. The molecule has 2 unspecified atom stereocenters. The van der Waals surface area contributed by atoms with E-state index in [4.69, 9.17) is 4.74 Å². The molecule has 0 bridgehead atoms. The molecule has 1 aliphatic rings. The second kappa shape index (κ2) is 5.53. The fourth-order valence-corrected chi connectivity index (χ4v) is 3.43. The Labute approximate surface area is 116 Å². The second-order valence-electron chi connectivity index (χ2n) is 4.84. The van der Waals surface area contributed by atoms with Crippen molar-refractivity contribution in [1.29, 1.82) is 0 Å². The van der Waals surface area contributed by atoms with Gasteiger partial charge in [-0.15, -0.1) is 0 Å². The minimum absolute atomic E-state index is 0.0699. The van der Waals surface area contributed by atoms with Crippen molar-refractivity contribution in [3.8, 4) is 0 Å². The Morgan fingerprint density at radius 2 is 2.37 bits per heavy atom. The second-order valence-corrected chi connectivity index (χ2v) is 5.99. The van der Waals surface area contributed by atoms with Crippen molar-refractivity contribution in [1.82, 2.24) is 9.78 Å². The lowest BCUT2D eigenvalue weighted by atomic mass is 10.1. The molecule has 4 nitrogen and oxygen atoms in total. The van der Waals surface area contributed by atoms with E-state index >= 15 is 0 Å². The minimum Gasteiger partial charge on any atom is -0.390 e. The lowest BCUT2D eigenvalue weighted by Gasteiger charge is -2.26. The van der Waals surface area contributed by atoms with Gasteiger partial charge in [-0.25, -0.2) is 0 Å². The summed E-state index contributed by atoms with van der Waals surface area (Å²) in [6.07, 6.45) is -0.00215. The van der Waals surface area contributed by atoms with Crippen LogP contribution in [0.5, 0.6) is 0 Å². The van der Waals surface area contributed by atoms with E-state index in [2.05, 4.69) is 11.2 Å². The number of aryl methyl sites for hydroxylation is 1. The Hall–Kier alpha value is -1.04. The van der Waals surface area contributed by atoms with Gasteiger partial charge in [0, 0.05) is 30.4 Å². The number of nitrogens with zero attached hydrogens (tertiary/aromatic N) is 2. The summed E-state index contributed by atoms with van der Waals surface area (Å²) in [7, 11) is 1.94. The first-order chi connectivity index (χ1) is 9.25. The average Bonchev–Trinajstić information content (AvgIpc) is 2.77. The maximum Gasteiger partial charge on any atom is 0.0928 e. The third-order valence-electron chi connectivity index (χ3n) is 3.51. The fraction of sp³-hybridized carbons (Fsp3) is 0.500. The topological polar surface area (TPSA) is 47.3 Å². The van der Waals surface area contributed by atoms with E-state index in [1.54, 1.807) is 0 Å². The highest BCUT2D eigenvalue weighted by Crippen LogP contribution is 2.22. The summed E-state index contributed by atoms with van der Waals surface area (Å²) in [6.45, 7) is 0.732. The molecule has 5 heteroatoms. The lowest BCUT2D eigenvalue weighted by molar-refractivity contribution is -0.0210. The van der Waals surface area contributed by atoms with Crippen molar-refractivity contribution in [3.63, 3.8) is 0 Å². The zero-order valence-electron chi connectivity index (χ0n) is 11.0. The molecular weight excluding hydrogens is 260 g/mol. The minimum atomic E-state index is -0.480. The summed E-state index contributed by atoms with van der Waals surface area (Å²) in [5, 5.41) is 15.9. The number of thioether (sulfide) groups is 1. The van der Waals surface area contributed by atoms with Gasteiger partial charge in [0.05, 0.1) is 30.0 Å². The van der Waals surface area contributed by atoms with Crippen LogP contribution < -0.4 is 0 Å². The molecule has 0 amide bonds. The summed E-state index contributed by atoms with van der Waals surface area (Å²) in [6, 6.07) is 8.12. The first kappa shape index (κ1) is 13.0. The quantitative estimate of drug-likeness (QED) is 0.926. The summed E-state index contributed by atoms with van der Waals surface area (Å²) in [5.41, 5.74) is 2.05. The predicted molar refractivity (Wildman–Crippen MR) is 77.5 cm³/mol. The first-order valence-electron chi connectivity index (χ1n) is 6.54. The molecule has 2 aromatic rings. The average molecular weight is 278 g/mol. The van der Waals surface area contributed by atoms with Crippen LogP contribution >= 0.6 is 11.8 Å². The molecule has 2 atom stereocenters. The number of aliphatic hydroxyl groups is 1. The highest BCUT2D eigenvalue weighted by atomic mass is 32.2. The number of fused-ring (bicyclic) bond motifs is 1. The third-order valence-corrected chi connectivity index (χ3v) is 4.53. The highest BCUT2D eigenvalue weighted by Gasteiger charge is 2.24. The molecule has 102 valence electrons. The largest absolute Gasteiger partial charge is 0.390 e. The van der Waals surface area contributed by atoms with Gasteiger partial charge in [-0.05, 0) is 6.07 Å². The molecule has 2 heterocycles. The molecule has 1 aromatic carbocycles. The summed E-state index contributed by atoms with van der Waals surface area (Å²) >= 11 is 1.84. The molecule has 1 N–H and O–H groups in total. The number of aliphatic hydroxyl groups excluding tert-OH is 1. The number of hydrogen-bond donors (Lipinski definition) is 1. The number of ether oxygens (including phenoxy) is 1. The molecular formula is C14H18N2O2S. The number of benzene rings is 1. The smallest absolute Gasteiger partial charge is 0.0928 e. The molecule has 0 radical (unpaired) electrons. The van der Waals surface area contributed by atoms with Crippen molar-refractivity contribution in [3.05, 3.63) is 30.0 Å². The van der Waals surface area contributed by atoms with Gasteiger partial charge >= 0.3 is 0 Å². The van der Waals surface area contributed by atoms with Crippen molar-refractivity contribution in [2.75, 3.05) is 18.1 Å². The summed E-state index contributed by atoms with van der Waals surface area (Å²) in [4.78, 5) is 0. The van der Waals surface area contributed by atoms with Crippen molar-refractivity contribution in [2.45, 2.75) is 18.6 Å². The van der Waals surface area contributed by atoms with Gasteiger partial charge in [0.2, 0.25) is 0 Å². The Morgan fingerprint density at radius 1 is 1.53 bits per heavy atom. The van der Waals surface area contributed by atoms with Crippen LogP contribution in [0.1, 0.15) is 5.69 Å². The van der Waals surface area contributed by atoms with Gasteiger partial charge in [0.1, 0.15) is 0 Å². The third kappa shape index (κ3) is 2.63. The first-order valence-corrected chi connectivity index (χ1v) is 7.69. The maximum absolute atomic E-state index is 10.3. The predicted octanol–water partition coefficient (Wildman–Crippen LogP) is 1.61. The van der Waals surface area contributed by atoms with E-state index in [0.717, 1.165) is 34.7 Å². The molecule has 1 saturated heterocycles. The Balaban J connectivity index is 1.81. The van der Waals surface area contributed by atoms with Crippen LogP contribution in [0.15, 0.2) is 24.3 Å².